The molecule has 0 fully saturated rings. The third kappa shape index (κ3) is 23.8. The molecule has 0 saturated carbocycles. The van der Waals surface area contributed by atoms with E-state index in [1.54, 1.807) is 0 Å². The van der Waals surface area contributed by atoms with E-state index >= 15 is 0 Å². The number of halogens is 1. The second-order valence-corrected chi connectivity index (χ2v) is 0.802. The van der Waals surface area contributed by atoms with E-state index in [0.29, 0.717) is 0 Å². The van der Waals surface area contributed by atoms with Gasteiger partial charge in [0.1, 0.15) is 0 Å². The molecule has 1 nitrogen and oxygen atoms in total. The normalized spacial score (nSPS) is 1.50. The van der Waals surface area contributed by atoms with Gasteiger partial charge >= 0.3 is 141 Å². The summed E-state index contributed by atoms with van der Waals surface area (Å²) in [7, 11) is 4.53. The van der Waals surface area contributed by atoms with Crippen molar-refractivity contribution in [3.05, 3.63) is 0 Å². The Morgan fingerprint density at radius 2 is 1.17 bits per heavy atom. The fraction of sp³-hybridized carbons (Fsp3) is 0. The zero-order valence-corrected chi connectivity index (χ0v) is 3.27. The summed E-state index contributed by atoms with van der Waals surface area (Å²) in [5, 5.41) is 0. The summed E-state index contributed by atoms with van der Waals surface area (Å²) in [6.07, 6.45) is 0. The van der Waals surface area contributed by atoms with Gasteiger partial charge in [-0.3, -0.25) is 0 Å². The van der Waals surface area contributed by atoms with Crippen LogP contribution in [0, 0.1) is 0 Å². The molecule has 0 aromatic carbocycles. The SMILES string of the molecule is [CaH2].[CaH2].[CaH2].[O]=[Al][Cl]. The first-order chi connectivity index (χ1) is 1.41. The third-order valence-electron chi connectivity index (χ3n) is 0. The summed E-state index contributed by atoms with van der Waals surface area (Å²) >= 11 is -1.03. The number of hydrogen-bond donors (Lipinski definition) is 0. The monoisotopic (exact) mass is 204 g/mol. The molecule has 0 spiro atoms. The van der Waals surface area contributed by atoms with Crippen molar-refractivity contribution in [3.8, 4) is 0 Å². The van der Waals surface area contributed by atoms with Gasteiger partial charge in [-0.1, -0.05) is 0 Å². The first kappa shape index (κ1) is 22.4. The Morgan fingerprint density at radius 3 is 1.17 bits per heavy atom. The third-order valence-corrected chi connectivity index (χ3v) is 0. The average molecular weight is 205 g/mol. The van der Waals surface area contributed by atoms with Crippen LogP contribution < -0.4 is 0 Å². The minimum atomic E-state index is -1.03. The van der Waals surface area contributed by atoms with Crippen LogP contribution in [0.2, 0.25) is 0 Å². The molecule has 0 aromatic heterocycles. The molecule has 0 aliphatic carbocycles. The van der Waals surface area contributed by atoms with E-state index in [0.717, 1.165) is 0 Å². The minimum absolute atomic E-state index is 0. The van der Waals surface area contributed by atoms with Gasteiger partial charge in [-0.05, 0) is 0 Å². The van der Waals surface area contributed by atoms with Gasteiger partial charge in [-0.2, -0.15) is 0 Å². The van der Waals surface area contributed by atoms with Crippen LogP contribution in [0.25, 0.3) is 0 Å². The van der Waals surface area contributed by atoms with Gasteiger partial charge in [-0.15, -0.1) is 0 Å². The molecule has 0 amide bonds. The van der Waals surface area contributed by atoms with Crippen LogP contribution in [-0.4, -0.2) is 127 Å². The Hall–Kier alpha value is 4.40. The van der Waals surface area contributed by atoms with Crippen molar-refractivity contribution in [2.24, 2.45) is 0 Å². The van der Waals surface area contributed by atoms with Crippen LogP contribution in [0.1, 0.15) is 0 Å². The Kier molecular flexibility index (Phi) is 85.0. The summed E-state index contributed by atoms with van der Waals surface area (Å²) in [6.45, 7) is 0. The predicted molar refractivity (Wildman–Crippen MR) is 37.9 cm³/mol. The molecule has 0 bridgehead atoms. The van der Waals surface area contributed by atoms with Gasteiger partial charge in [0, 0.05) is 0 Å². The van der Waals surface area contributed by atoms with Gasteiger partial charge in [-0.25, -0.2) is 0 Å². The number of rotatable bonds is 0. The molecule has 0 rings (SSSR count). The van der Waals surface area contributed by atoms with E-state index in [1.807, 2.05) is 0 Å². The van der Waals surface area contributed by atoms with Crippen LogP contribution in [0.3, 0.4) is 0 Å². The number of hydrogen-bond acceptors (Lipinski definition) is 1. The van der Waals surface area contributed by atoms with Gasteiger partial charge < -0.3 is 0 Å². The zero-order chi connectivity index (χ0) is 2.71. The molecule has 0 aromatic rings. The van der Waals surface area contributed by atoms with Crippen molar-refractivity contribution in [2.75, 3.05) is 0 Å². The Balaban J connectivity index is -0.00000000667. The van der Waals surface area contributed by atoms with Gasteiger partial charge in [0.2, 0.25) is 0 Å². The Bertz CT molecular complexity index is 18.3. The summed E-state index contributed by atoms with van der Waals surface area (Å²) in [4.78, 5) is 0. The molecule has 6 heavy (non-hydrogen) atoms. The van der Waals surface area contributed by atoms with Crippen LogP contribution >= 0.6 is 10.0 Å². The van der Waals surface area contributed by atoms with Crippen LogP contribution in [-0.2, 0) is 3.80 Å². The van der Waals surface area contributed by atoms with E-state index in [4.69, 9.17) is 3.80 Å². The molecule has 0 N–H and O–H groups in total. The quantitative estimate of drug-likeness (QED) is 0.397. The van der Waals surface area contributed by atoms with E-state index in [1.165, 1.54) is 0 Å². The van der Waals surface area contributed by atoms with E-state index < -0.39 is 14.2 Å². The van der Waals surface area contributed by atoms with E-state index in [-0.39, 0.29) is 113 Å². The fourth-order valence-electron chi connectivity index (χ4n) is 0. The summed E-state index contributed by atoms with van der Waals surface area (Å²) in [5.74, 6) is 0. The van der Waals surface area contributed by atoms with Gasteiger partial charge in [0.15, 0.2) is 0 Å². The average Bonchev–Trinajstić information content (AvgIpc) is 0.918. The fourth-order valence-corrected chi connectivity index (χ4v) is 0. The molecular weight excluding hydrogens is 199 g/mol. The molecule has 28 valence electrons. The van der Waals surface area contributed by atoms with Crippen molar-refractivity contribution in [3.63, 3.8) is 0 Å². The van der Waals surface area contributed by atoms with Crippen molar-refractivity contribution >= 4 is 137 Å². The molecule has 0 heterocycles. The topological polar surface area (TPSA) is 17.1 Å². The predicted octanol–water partition coefficient (Wildman–Crippen LogP) is -2.56. The van der Waals surface area contributed by atoms with Crippen molar-refractivity contribution in [1.82, 2.24) is 0 Å². The molecule has 0 aliphatic heterocycles. The van der Waals surface area contributed by atoms with Crippen molar-refractivity contribution < 1.29 is 3.80 Å². The van der Waals surface area contributed by atoms with E-state index in [2.05, 4.69) is 10.0 Å². The van der Waals surface area contributed by atoms with E-state index in [9.17, 15) is 0 Å². The van der Waals surface area contributed by atoms with Crippen LogP contribution in [0.15, 0.2) is 0 Å². The second kappa shape index (κ2) is 22.7. The molecule has 0 saturated heterocycles. The Morgan fingerprint density at radius 1 is 1.17 bits per heavy atom. The van der Waals surface area contributed by atoms with Crippen LogP contribution in [0.5, 0.6) is 0 Å². The maximum atomic E-state index is 8.78. The molecule has 0 unspecified atom stereocenters. The molecule has 0 radical (unpaired) electrons. The zero-order valence-electron chi connectivity index (χ0n) is 1.36. The van der Waals surface area contributed by atoms with Crippen molar-refractivity contribution in [1.29, 1.82) is 0 Å². The maximum absolute atomic E-state index is 8.78. The second-order valence-electron chi connectivity index (χ2n) is 0.0891. The summed E-state index contributed by atoms with van der Waals surface area (Å²) in [6, 6.07) is 0. The first-order valence-electron chi connectivity index (χ1n) is 0.454. The summed E-state index contributed by atoms with van der Waals surface area (Å²) in [5.41, 5.74) is 0. The van der Waals surface area contributed by atoms with Gasteiger partial charge in [0.25, 0.3) is 0 Å². The Labute approximate surface area is 137 Å². The first-order valence-corrected chi connectivity index (χ1v) is 2.67. The van der Waals surface area contributed by atoms with Crippen LogP contribution in [0.4, 0.5) is 0 Å². The molecule has 6 heteroatoms. The molecule has 0 aliphatic rings. The standard InChI is InChI=1S/Al.3Ca.ClH.O.6H/h;;;;1H;;;;;;;/q+1;;;;;;;;;;;/p-1. The van der Waals surface area contributed by atoms with Crippen molar-refractivity contribution in [2.45, 2.75) is 0 Å². The molecular formula is H6AlCa3ClO. The summed E-state index contributed by atoms with van der Waals surface area (Å²) < 4.78 is 8.78. The van der Waals surface area contributed by atoms with Gasteiger partial charge in [0.05, 0.1) is 0 Å². The molecule has 0 atom stereocenters.